The summed E-state index contributed by atoms with van der Waals surface area (Å²) < 4.78 is 0.930. The smallest absolute Gasteiger partial charge is 0.286 e. The van der Waals surface area contributed by atoms with Gasteiger partial charge in [-0.25, -0.2) is 9.66 Å². The molecule has 0 bridgehead atoms. The second-order valence-corrected chi connectivity index (χ2v) is 5.48. The van der Waals surface area contributed by atoms with Gasteiger partial charge in [-0.15, -0.1) is 0 Å². The molecule has 20 heavy (non-hydrogen) atoms. The minimum absolute atomic E-state index is 0.124. The SMILES string of the molecule is Nn1c(CC2SC(=O)NC2=O)nc2ccccc2c1=O. The Bertz CT molecular complexity index is 786. The number of nitrogens with zero attached hydrogens (tertiary/aromatic N) is 2. The van der Waals surface area contributed by atoms with Crippen molar-refractivity contribution in [3.8, 4) is 0 Å². The number of nitrogen functional groups attached to an aromatic ring is 1. The Morgan fingerprint density at radius 1 is 1.30 bits per heavy atom. The number of thioether (sulfide) groups is 1. The molecule has 1 fully saturated rings. The van der Waals surface area contributed by atoms with Crippen LogP contribution in [0.15, 0.2) is 29.1 Å². The van der Waals surface area contributed by atoms with Crippen LogP contribution in [0.1, 0.15) is 5.82 Å². The molecule has 1 aliphatic rings. The summed E-state index contributed by atoms with van der Waals surface area (Å²) in [6.45, 7) is 0. The molecule has 7 nitrogen and oxygen atoms in total. The zero-order valence-corrected chi connectivity index (χ0v) is 11.0. The van der Waals surface area contributed by atoms with E-state index in [4.69, 9.17) is 5.84 Å². The van der Waals surface area contributed by atoms with Crippen molar-refractivity contribution in [1.29, 1.82) is 0 Å². The molecule has 3 N–H and O–H groups in total. The largest absolute Gasteiger partial charge is 0.335 e. The maximum absolute atomic E-state index is 12.1. The maximum Gasteiger partial charge on any atom is 0.286 e. The van der Waals surface area contributed by atoms with Crippen LogP contribution >= 0.6 is 11.8 Å². The van der Waals surface area contributed by atoms with Crippen LogP contribution in [-0.2, 0) is 11.2 Å². The van der Waals surface area contributed by atoms with Gasteiger partial charge in [-0.2, -0.15) is 0 Å². The minimum atomic E-state index is -0.606. The van der Waals surface area contributed by atoms with Gasteiger partial charge in [0.1, 0.15) is 11.1 Å². The Labute approximate surface area is 117 Å². The zero-order valence-electron chi connectivity index (χ0n) is 10.2. The lowest BCUT2D eigenvalue weighted by Crippen LogP contribution is -2.34. The molecular formula is C12H10N4O3S. The first-order chi connectivity index (χ1) is 9.56. The standard InChI is InChI=1S/C12H10N4O3S/c13-16-9(5-8-10(17)15-12(19)20-8)14-7-4-2-1-3-6(7)11(16)18/h1-4,8H,5,13H2,(H,15,17,19). The summed E-state index contributed by atoms with van der Waals surface area (Å²) in [6.07, 6.45) is 0.124. The lowest BCUT2D eigenvalue weighted by atomic mass is 10.2. The summed E-state index contributed by atoms with van der Waals surface area (Å²) in [5.74, 6) is 5.61. The summed E-state index contributed by atoms with van der Waals surface area (Å²) in [7, 11) is 0. The van der Waals surface area contributed by atoms with E-state index in [0.717, 1.165) is 16.4 Å². The first-order valence-corrected chi connectivity index (χ1v) is 6.71. The number of benzene rings is 1. The van der Waals surface area contributed by atoms with Gasteiger partial charge in [0.15, 0.2) is 0 Å². The molecule has 102 valence electrons. The number of nitrogens with one attached hydrogen (secondary N) is 1. The normalized spacial score (nSPS) is 18.5. The summed E-state index contributed by atoms with van der Waals surface area (Å²) >= 11 is 0.878. The minimum Gasteiger partial charge on any atom is -0.335 e. The first-order valence-electron chi connectivity index (χ1n) is 5.83. The Morgan fingerprint density at radius 3 is 2.75 bits per heavy atom. The predicted molar refractivity (Wildman–Crippen MR) is 74.8 cm³/mol. The number of hydrogen-bond acceptors (Lipinski definition) is 6. The Kier molecular flexibility index (Phi) is 2.94. The highest BCUT2D eigenvalue weighted by Gasteiger charge is 2.32. The molecule has 0 saturated carbocycles. The predicted octanol–water partition coefficient (Wildman–Crippen LogP) is 0.00440. The lowest BCUT2D eigenvalue weighted by molar-refractivity contribution is -0.119. The number of amides is 2. The maximum atomic E-state index is 12.1. The number of imide groups is 1. The molecule has 1 saturated heterocycles. The van der Waals surface area contributed by atoms with Gasteiger partial charge in [-0.1, -0.05) is 23.9 Å². The van der Waals surface area contributed by atoms with E-state index in [-0.39, 0.29) is 23.7 Å². The number of para-hydroxylation sites is 1. The molecule has 2 aromatic rings. The molecule has 1 unspecified atom stereocenters. The number of hydrogen-bond donors (Lipinski definition) is 2. The quantitative estimate of drug-likeness (QED) is 0.754. The van der Waals surface area contributed by atoms with Crippen LogP contribution in [-0.4, -0.2) is 26.1 Å². The molecule has 0 radical (unpaired) electrons. The van der Waals surface area contributed by atoms with Crippen LogP contribution in [0.5, 0.6) is 0 Å². The summed E-state index contributed by atoms with van der Waals surface area (Å²) in [4.78, 5) is 39.1. The number of fused-ring (bicyclic) bond motifs is 1. The molecule has 8 heteroatoms. The second-order valence-electron chi connectivity index (χ2n) is 4.31. The first kappa shape index (κ1) is 12.7. The third-order valence-corrected chi connectivity index (χ3v) is 4.00. The highest BCUT2D eigenvalue weighted by molar-refractivity contribution is 8.15. The van der Waals surface area contributed by atoms with Crippen molar-refractivity contribution >= 4 is 33.8 Å². The molecule has 1 aromatic carbocycles. The van der Waals surface area contributed by atoms with Gasteiger partial charge < -0.3 is 5.84 Å². The van der Waals surface area contributed by atoms with Gasteiger partial charge in [-0.05, 0) is 12.1 Å². The number of rotatable bonds is 2. The fourth-order valence-corrected chi connectivity index (χ4v) is 2.85. The average Bonchev–Trinajstić information content (AvgIpc) is 2.74. The van der Waals surface area contributed by atoms with Gasteiger partial charge in [0.05, 0.1) is 10.9 Å². The topological polar surface area (TPSA) is 107 Å². The Balaban J connectivity index is 2.04. The molecular weight excluding hydrogens is 280 g/mol. The van der Waals surface area contributed by atoms with E-state index in [1.807, 2.05) is 0 Å². The average molecular weight is 290 g/mol. The number of nitrogens with two attached hydrogens (primary N) is 1. The number of carbonyl (C=O) groups excluding carboxylic acids is 2. The fraction of sp³-hybridized carbons (Fsp3) is 0.167. The van der Waals surface area contributed by atoms with E-state index in [2.05, 4.69) is 10.3 Å². The van der Waals surface area contributed by atoms with Crippen molar-refractivity contribution in [3.05, 3.63) is 40.4 Å². The van der Waals surface area contributed by atoms with Crippen molar-refractivity contribution in [3.63, 3.8) is 0 Å². The van der Waals surface area contributed by atoms with Crippen LogP contribution < -0.4 is 16.7 Å². The van der Waals surface area contributed by atoms with E-state index in [1.165, 1.54) is 0 Å². The zero-order chi connectivity index (χ0) is 14.3. The molecule has 1 aliphatic heterocycles. The molecule has 3 rings (SSSR count). The second kappa shape index (κ2) is 4.64. The van der Waals surface area contributed by atoms with E-state index < -0.39 is 10.5 Å². The number of aromatic nitrogens is 2. The van der Waals surface area contributed by atoms with Gasteiger partial charge in [0.25, 0.3) is 10.8 Å². The third-order valence-electron chi connectivity index (χ3n) is 3.02. The van der Waals surface area contributed by atoms with Gasteiger partial charge >= 0.3 is 0 Å². The molecule has 1 aromatic heterocycles. The van der Waals surface area contributed by atoms with Crippen molar-refractivity contribution in [2.75, 3.05) is 5.84 Å². The Hall–Kier alpha value is -2.35. The van der Waals surface area contributed by atoms with Gasteiger partial charge in [0.2, 0.25) is 5.91 Å². The highest BCUT2D eigenvalue weighted by Crippen LogP contribution is 2.22. The lowest BCUT2D eigenvalue weighted by Gasteiger charge is -2.10. The summed E-state index contributed by atoms with van der Waals surface area (Å²) in [6, 6.07) is 6.83. The number of carbonyl (C=O) groups is 2. The fourth-order valence-electron chi connectivity index (χ4n) is 2.03. The van der Waals surface area contributed by atoms with Crippen molar-refractivity contribution in [1.82, 2.24) is 15.0 Å². The Morgan fingerprint density at radius 2 is 2.05 bits per heavy atom. The van der Waals surface area contributed by atoms with E-state index >= 15 is 0 Å². The molecule has 2 amide bonds. The van der Waals surface area contributed by atoms with E-state index in [1.54, 1.807) is 24.3 Å². The van der Waals surface area contributed by atoms with E-state index in [0.29, 0.717) is 10.9 Å². The van der Waals surface area contributed by atoms with Crippen LogP contribution in [0.25, 0.3) is 10.9 Å². The third kappa shape index (κ3) is 2.03. The van der Waals surface area contributed by atoms with Gasteiger partial charge in [0, 0.05) is 6.42 Å². The molecule has 2 heterocycles. The monoisotopic (exact) mass is 290 g/mol. The highest BCUT2D eigenvalue weighted by atomic mass is 32.2. The van der Waals surface area contributed by atoms with Crippen molar-refractivity contribution in [2.45, 2.75) is 11.7 Å². The van der Waals surface area contributed by atoms with E-state index in [9.17, 15) is 14.4 Å². The molecule has 0 spiro atoms. The molecule has 0 aliphatic carbocycles. The van der Waals surface area contributed by atoms with Crippen LogP contribution in [0.3, 0.4) is 0 Å². The van der Waals surface area contributed by atoms with Gasteiger partial charge in [-0.3, -0.25) is 19.7 Å². The molecule has 1 atom stereocenters. The van der Waals surface area contributed by atoms with Crippen LogP contribution in [0.4, 0.5) is 4.79 Å². The van der Waals surface area contributed by atoms with Crippen LogP contribution in [0.2, 0.25) is 0 Å². The van der Waals surface area contributed by atoms with Crippen LogP contribution in [0, 0.1) is 0 Å². The van der Waals surface area contributed by atoms with Crippen molar-refractivity contribution < 1.29 is 9.59 Å². The summed E-state index contributed by atoms with van der Waals surface area (Å²) in [5.41, 5.74) is 0.143. The van der Waals surface area contributed by atoms with Crippen molar-refractivity contribution in [2.24, 2.45) is 0 Å². The summed E-state index contributed by atoms with van der Waals surface area (Å²) in [5, 5.41) is 1.60.